The third-order valence-electron chi connectivity index (χ3n) is 1.14. The molecule has 1 atom stereocenters. The van der Waals surface area contributed by atoms with Crippen molar-refractivity contribution < 1.29 is 10.2 Å². The molecule has 50 valence electrons. The van der Waals surface area contributed by atoms with Crippen molar-refractivity contribution in [3.63, 3.8) is 0 Å². The van der Waals surface area contributed by atoms with Crippen molar-refractivity contribution in [1.29, 1.82) is 0 Å². The van der Waals surface area contributed by atoms with Crippen LogP contribution < -0.4 is 5.32 Å². The topological polar surface area (TPSA) is 52.5 Å². The van der Waals surface area contributed by atoms with Crippen LogP contribution in [0.15, 0.2) is 0 Å². The first-order valence-corrected chi connectivity index (χ1v) is 2.64. The number of nitrogens with one attached hydrogen (secondary N) is 1. The van der Waals surface area contributed by atoms with Gasteiger partial charge in [0.05, 0.1) is 0 Å². The molecule has 0 saturated carbocycles. The van der Waals surface area contributed by atoms with E-state index < -0.39 is 5.72 Å². The Bertz CT molecular complexity index is 63.4. The van der Waals surface area contributed by atoms with Gasteiger partial charge in [0.1, 0.15) is 5.72 Å². The van der Waals surface area contributed by atoms with E-state index in [1.807, 2.05) is 0 Å². The molecule has 0 radical (unpaired) electrons. The molecule has 0 rings (SSSR count). The molecule has 0 saturated heterocycles. The average molecular weight is 119 g/mol. The van der Waals surface area contributed by atoms with E-state index in [4.69, 9.17) is 10.2 Å². The molecule has 0 spiro atoms. The van der Waals surface area contributed by atoms with Gasteiger partial charge in [0.25, 0.3) is 0 Å². The van der Waals surface area contributed by atoms with Gasteiger partial charge in [-0.1, -0.05) is 0 Å². The van der Waals surface area contributed by atoms with Crippen LogP contribution in [0.25, 0.3) is 0 Å². The average Bonchev–Trinajstić information content (AvgIpc) is 1.67. The Hall–Kier alpha value is -0.120. The third kappa shape index (κ3) is 2.96. The second-order valence-electron chi connectivity index (χ2n) is 2.00. The smallest absolute Gasteiger partial charge is 0.115 e. The van der Waals surface area contributed by atoms with Crippen molar-refractivity contribution in [2.75, 3.05) is 13.7 Å². The zero-order valence-corrected chi connectivity index (χ0v) is 5.31. The molecule has 3 heteroatoms. The lowest BCUT2D eigenvalue weighted by molar-refractivity contribution is 0.00854. The maximum Gasteiger partial charge on any atom is 0.115 e. The van der Waals surface area contributed by atoms with Gasteiger partial charge in [-0.05, 0) is 14.0 Å². The van der Waals surface area contributed by atoms with E-state index in [2.05, 4.69) is 5.32 Å². The quantitative estimate of drug-likeness (QED) is 0.430. The van der Waals surface area contributed by atoms with Crippen LogP contribution in [0.3, 0.4) is 0 Å². The summed E-state index contributed by atoms with van der Waals surface area (Å²) in [5, 5.41) is 20.0. The molecule has 0 aromatic heterocycles. The van der Waals surface area contributed by atoms with Gasteiger partial charge in [-0.25, -0.2) is 0 Å². The molecule has 8 heavy (non-hydrogen) atoms. The van der Waals surface area contributed by atoms with Crippen LogP contribution in [0.1, 0.15) is 13.3 Å². The molecule has 0 aliphatic carbocycles. The van der Waals surface area contributed by atoms with Crippen LogP contribution in [-0.2, 0) is 0 Å². The molecule has 3 nitrogen and oxygen atoms in total. The van der Waals surface area contributed by atoms with Gasteiger partial charge >= 0.3 is 0 Å². The van der Waals surface area contributed by atoms with Crippen LogP contribution in [0.2, 0.25) is 0 Å². The normalized spacial score (nSPS) is 18.0. The highest BCUT2D eigenvalue weighted by atomic mass is 16.3. The fraction of sp³-hybridized carbons (Fsp3) is 1.00. The minimum absolute atomic E-state index is 0.00778. The third-order valence-corrected chi connectivity index (χ3v) is 1.14. The molecule has 0 heterocycles. The Balaban J connectivity index is 3.37. The van der Waals surface area contributed by atoms with E-state index in [-0.39, 0.29) is 6.61 Å². The Kier molecular flexibility index (Phi) is 2.97. The molecule has 0 aromatic carbocycles. The summed E-state index contributed by atoms with van der Waals surface area (Å²) < 4.78 is 0. The van der Waals surface area contributed by atoms with Crippen molar-refractivity contribution in [3.8, 4) is 0 Å². The maximum atomic E-state index is 9.05. The number of aliphatic hydroxyl groups is 2. The van der Waals surface area contributed by atoms with E-state index in [0.717, 1.165) is 0 Å². The van der Waals surface area contributed by atoms with E-state index in [0.29, 0.717) is 6.42 Å². The molecule has 0 aromatic rings. The molecule has 0 aliphatic heterocycles. The van der Waals surface area contributed by atoms with Crippen LogP contribution in [0, 0.1) is 0 Å². The summed E-state index contributed by atoms with van der Waals surface area (Å²) >= 11 is 0. The largest absolute Gasteiger partial charge is 0.396 e. The zero-order valence-electron chi connectivity index (χ0n) is 5.31. The highest BCUT2D eigenvalue weighted by Crippen LogP contribution is 2.00. The predicted molar refractivity (Wildman–Crippen MR) is 31.4 cm³/mol. The molecule has 0 amide bonds. The SMILES string of the molecule is CNC(C)(O)CCO. The summed E-state index contributed by atoms with van der Waals surface area (Å²) in [6.45, 7) is 1.62. The van der Waals surface area contributed by atoms with Gasteiger partial charge in [0.2, 0.25) is 0 Å². The van der Waals surface area contributed by atoms with Gasteiger partial charge in [-0.3, -0.25) is 5.32 Å². The number of hydrogen-bond acceptors (Lipinski definition) is 3. The fourth-order valence-electron chi connectivity index (χ4n) is 0.343. The second-order valence-corrected chi connectivity index (χ2v) is 2.00. The highest BCUT2D eigenvalue weighted by molar-refractivity contribution is 4.64. The lowest BCUT2D eigenvalue weighted by Gasteiger charge is -2.20. The van der Waals surface area contributed by atoms with Gasteiger partial charge in [-0.15, -0.1) is 0 Å². The lowest BCUT2D eigenvalue weighted by atomic mass is 10.2. The molecule has 0 fully saturated rings. The lowest BCUT2D eigenvalue weighted by Crippen LogP contribution is -2.40. The van der Waals surface area contributed by atoms with Crippen LogP contribution in [-0.4, -0.2) is 29.6 Å². The molecule has 3 N–H and O–H groups in total. The summed E-state index contributed by atoms with van der Waals surface area (Å²) in [4.78, 5) is 0. The van der Waals surface area contributed by atoms with E-state index in [1.165, 1.54) is 0 Å². The molecule has 0 aliphatic rings. The Morgan fingerprint density at radius 2 is 2.12 bits per heavy atom. The van der Waals surface area contributed by atoms with Gasteiger partial charge in [0.15, 0.2) is 0 Å². The van der Waals surface area contributed by atoms with Crippen LogP contribution >= 0.6 is 0 Å². The van der Waals surface area contributed by atoms with Gasteiger partial charge < -0.3 is 10.2 Å². The first-order chi connectivity index (χ1) is 3.62. The molecular formula is C5H13NO2. The monoisotopic (exact) mass is 119 g/mol. The summed E-state index contributed by atoms with van der Waals surface area (Å²) in [5.74, 6) is 0. The molecule has 1 unspecified atom stereocenters. The first kappa shape index (κ1) is 7.88. The summed E-state index contributed by atoms with van der Waals surface area (Å²) in [7, 11) is 1.65. The fourth-order valence-corrected chi connectivity index (χ4v) is 0.343. The van der Waals surface area contributed by atoms with Crippen molar-refractivity contribution in [2.45, 2.75) is 19.1 Å². The Morgan fingerprint density at radius 1 is 1.62 bits per heavy atom. The van der Waals surface area contributed by atoms with Crippen molar-refractivity contribution >= 4 is 0 Å². The highest BCUT2D eigenvalue weighted by Gasteiger charge is 2.14. The van der Waals surface area contributed by atoms with E-state index in [9.17, 15) is 0 Å². The van der Waals surface area contributed by atoms with Crippen LogP contribution in [0.5, 0.6) is 0 Å². The number of rotatable bonds is 3. The van der Waals surface area contributed by atoms with Crippen molar-refractivity contribution in [3.05, 3.63) is 0 Å². The Labute approximate surface area is 49.3 Å². The predicted octanol–water partition coefficient (Wildman–Crippen LogP) is -0.703. The van der Waals surface area contributed by atoms with Gasteiger partial charge in [0, 0.05) is 13.0 Å². The summed E-state index contributed by atoms with van der Waals surface area (Å²) in [6, 6.07) is 0. The molecular weight excluding hydrogens is 106 g/mol. The Morgan fingerprint density at radius 3 is 2.25 bits per heavy atom. The van der Waals surface area contributed by atoms with Crippen molar-refractivity contribution in [2.24, 2.45) is 0 Å². The van der Waals surface area contributed by atoms with E-state index in [1.54, 1.807) is 14.0 Å². The van der Waals surface area contributed by atoms with Crippen LogP contribution in [0.4, 0.5) is 0 Å². The second kappa shape index (κ2) is 3.02. The first-order valence-electron chi connectivity index (χ1n) is 2.64. The number of aliphatic hydroxyl groups excluding tert-OH is 1. The van der Waals surface area contributed by atoms with Gasteiger partial charge in [-0.2, -0.15) is 0 Å². The minimum Gasteiger partial charge on any atom is -0.396 e. The molecule has 0 bridgehead atoms. The standard InChI is InChI=1S/C5H13NO2/c1-5(8,6-2)3-4-7/h6-8H,3-4H2,1-2H3. The summed E-state index contributed by atoms with van der Waals surface area (Å²) in [5.41, 5.74) is -0.908. The maximum absolute atomic E-state index is 9.05. The minimum atomic E-state index is -0.908. The summed E-state index contributed by atoms with van der Waals surface area (Å²) in [6.07, 6.45) is 0.365. The zero-order chi connectivity index (χ0) is 6.62. The van der Waals surface area contributed by atoms with Crippen molar-refractivity contribution in [1.82, 2.24) is 5.32 Å². The van der Waals surface area contributed by atoms with E-state index >= 15 is 0 Å². The number of hydrogen-bond donors (Lipinski definition) is 3.